The highest BCUT2D eigenvalue weighted by Crippen LogP contribution is 2.35. The molecule has 2 heterocycles. The Kier molecular flexibility index (Phi) is 9.22. The molecule has 0 unspecified atom stereocenters. The minimum absolute atomic E-state index is 0.0304. The van der Waals surface area contributed by atoms with Crippen LogP contribution in [0.4, 0.5) is 21.7 Å². The first-order chi connectivity index (χ1) is 20.0. The summed E-state index contributed by atoms with van der Waals surface area (Å²) in [6.45, 7) is 2.23. The molecule has 4 N–H and O–H groups in total. The van der Waals surface area contributed by atoms with E-state index in [9.17, 15) is 14.3 Å². The lowest BCUT2D eigenvalue weighted by Crippen LogP contribution is -2.42. The minimum Gasteiger partial charge on any atom is -0.493 e. The van der Waals surface area contributed by atoms with E-state index in [1.54, 1.807) is 19.2 Å². The van der Waals surface area contributed by atoms with Gasteiger partial charge in [0.1, 0.15) is 18.0 Å². The van der Waals surface area contributed by atoms with Crippen LogP contribution < -0.4 is 20.1 Å². The molecule has 1 amide bonds. The van der Waals surface area contributed by atoms with Crippen molar-refractivity contribution in [2.24, 2.45) is 0 Å². The molecule has 2 aromatic carbocycles. The molecule has 1 aliphatic carbocycles. The largest absolute Gasteiger partial charge is 0.493 e. The summed E-state index contributed by atoms with van der Waals surface area (Å²) in [5, 5.41) is 23.0. The lowest BCUT2D eigenvalue weighted by Gasteiger charge is -2.37. The smallest absolute Gasteiger partial charge is 0.230 e. The summed E-state index contributed by atoms with van der Waals surface area (Å²) in [7, 11) is 1.58. The molecule has 2 aromatic heterocycles. The van der Waals surface area contributed by atoms with Crippen molar-refractivity contribution in [3.8, 4) is 11.5 Å². The molecule has 0 spiro atoms. The van der Waals surface area contributed by atoms with Crippen LogP contribution in [0.2, 0.25) is 0 Å². The van der Waals surface area contributed by atoms with Gasteiger partial charge in [-0.05, 0) is 43.5 Å². The van der Waals surface area contributed by atoms with E-state index in [-0.39, 0.29) is 18.9 Å². The number of aliphatic hydroxyl groups excluding tert-OH is 1. The van der Waals surface area contributed by atoms with Gasteiger partial charge in [-0.2, -0.15) is 5.10 Å². The van der Waals surface area contributed by atoms with Gasteiger partial charge in [0.2, 0.25) is 5.91 Å². The maximum absolute atomic E-state index is 13.4. The van der Waals surface area contributed by atoms with Gasteiger partial charge in [0.25, 0.3) is 0 Å². The maximum atomic E-state index is 13.4. The number of ether oxygens (including phenoxy) is 2. The maximum Gasteiger partial charge on any atom is 0.230 e. The van der Waals surface area contributed by atoms with Crippen molar-refractivity contribution in [3.63, 3.8) is 0 Å². The zero-order valence-corrected chi connectivity index (χ0v) is 22.9. The van der Waals surface area contributed by atoms with E-state index in [2.05, 4.69) is 35.7 Å². The second-order valence-corrected chi connectivity index (χ2v) is 9.93. The first-order valence-corrected chi connectivity index (χ1v) is 13.7. The highest BCUT2D eigenvalue weighted by atomic mass is 19.1. The van der Waals surface area contributed by atoms with Crippen LogP contribution in [-0.4, -0.2) is 75.5 Å². The number of hydrogen-bond donors (Lipinski definition) is 4. The van der Waals surface area contributed by atoms with E-state index in [0.29, 0.717) is 64.6 Å². The van der Waals surface area contributed by atoms with Crippen LogP contribution in [0.1, 0.15) is 31.4 Å². The summed E-state index contributed by atoms with van der Waals surface area (Å²) in [5.41, 5.74) is 1.62. The Morgan fingerprint density at radius 2 is 2.05 bits per heavy atom. The number of carbonyl (C=O) groups is 1. The molecular formula is C29H34FN7O4. The lowest BCUT2D eigenvalue weighted by atomic mass is 9.91. The fraction of sp³-hybridized carbons (Fsp3) is 0.379. The number of nitrogens with zero attached hydrogens (tertiary/aromatic N) is 4. The topological polar surface area (TPSA) is 138 Å². The van der Waals surface area contributed by atoms with Gasteiger partial charge in [-0.3, -0.25) is 14.8 Å². The summed E-state index contributed by atoms with van der Waals surface area (Å²) in [6.07, 6.45) is 5.96. The number of aliphatic hydroxyl groups is 1. The molecule has 216 valence electrons. The predicted molar refractivity (Wildman–Crippen MR) is 153 cm³/mol. The van der Waals surface area contributed by atoms with Gasteiger partial charge in [-0.15, -0.1) is 0 Å². The number of halogens is 1. The van der Waals surface area contributed by atoms with Gasteiger partial charge >= 0.3 is 0 Å². The second-order valence-electron chi connectivity index (χ2n) is 9.93. The van der Waals surface area contributed by atoms with Crippen LogP contribution in [0.5, 0.6) is 11.5 Å². The number of H-pyrrole nitrogens is 1. The molecule has 12 heteroatoms. The van der Waals surface area contributed by atoms with Gasteiger partial charge < -0.3 is 25.2 Å². The number of carbonyl (C=O) groups excluding carboxylic acids is 1. The van der Waals surface area contributed by atoms with Crippen LogP contribution in [0, 0.1) is 5.82 Å². The summed E-state index contributed by atoms with van der Waals surface area (Å²) in [4.78, 5) is 23.5. The highest BCUT2D eigenvalue weighted by molar-refractivity contribution is 5.93. The minimum atomic E-state index is -0.423. The normalized spacial score (nSPS) is 13.3. The molecule has 1 fully saturated rings. The Morgan fingerprint density at radius 3 is 2.80 bits per heavy atom. The number of amides is 1. The van der Waals surface area contributed by atoms with Crippen molar-refractivity contribution in [3.05, 3.63) is 60.3 Å². The summed E-state index contributed by atoms with van der Waals surface area (Å²) >= 11 is 0. The van der Waals surface area contributed by atoms with Crippen molar-refractivity contribution < 1.29 is 23.8 Å². The molecule has 1 aliphatic rings. The van der Waals surface area contributed by atoms with Gasteiger partial charge in [-0.1, -0.05) is 12.5 Å². The quantitative estimate of drug-likeness (QED) is 0.168. The van der Waals surface area contributed by atoms with Crippen LogP contribution in [0.25, 0.3) is 10.9 Å². The number of nitrogens with one attached hydrogen (secondary N) is 3. The Balaban J connectivity index is 1.21. The fourth-order valence-corrected chi connectivity index (χ4v) is 4.82. The molecule has 0 radical (unpaired) electrons. The van der Waals surface area contributed by atoms with E-state index in [1.165, 1.54) is 43.8 Å². The molecule has 11 nitrogen and oxygen atoms in total. The van der Waals surface area contributed by atoms with E-state index in [0.717, 1.165) is 13.0 Å². The highest BCUT2D eigenvalue weighted by Gasteiger charge is 2.24. The van der Waals surface area contributed by atoms with Gasteiger partial charge in [0, 0.05) is 48.0 Å². The molecule has 5 rings (SSSR count). The van der Waals surface area contributed by atoms with Crippen LogP contribution in [0.15, 0.2) is 48.8 Å². The molecule has 1 saturated carbocycles. The molecular weight excluding hydrogens is 529 g/mol. The fourth-order valence-electron chi connectivity index (χ4n) is 4.82. The number of methoxy groups -OCH3 is 1. The Hall–Kier alpha value is -4.29. The number of hydrogen-bond acceptors (Lipinski definition) is 9. The number of rotatable bonds is 14. The number of aromatic amines is 1. The van der Waals surface area contributed by atoms with E-state index in [1.807, 2.05) is 12.1 Å². The van der Waals surface area contributed by atoms with Crippen molar-refractivity contribution in [2.45, 2.75) is 38.1 Å². The van der Waals surface area contributed by atoms with Crippen molar-refractivity contribution >= 4 is 34.1 Å². The lowest BCUT2D eigenvalue weighted by molar-refractivity contribution is -0.115. The van der Waals surface area contributed by atoms with Gasteiger partial charge in [0.15, 0.2) is 17.3 Å². The number of aromatic nitrogens is 4. The van der Waals surface area contributed by atoms with Gasteiger partial charge in [0.05, 0.1) is 32.3 Å². The Morgan fingerprint density at radius 1 is 1.17 bits per heavy atom. The van der Waals surface area contributed by atoms with Crippen molar-refractivity contribution in [2.75, 3.05) is 44.0 Å². The third-order valence-electron chi connectivity index (χ3n) is 7.08. The van der Waals surface area contributed by atoms with Crippen LogP contribution >= 0.6 is 0 Å². The first kappa shape index (κ1) is 28.2. The second kappa shape index (κ2) is 13.4. The summed E-state index contributed by atoms with van der Waals surface area (Å²) in [6, 6.07) is 11.6. The zero-order chi connectivity index (χ0) is 28.6. The average molecular weight is 564 g/mol. The van der Waals surface area contributed by atoms with Crippen molar-refractivity contribution in [1.29, 1.82) is 0 Å². The predicted octanol–water partition coefficient (Wildman–Crippen LogP) is 4.04. The van der Waals surface area contributed by atoms with Crippen LogP contribution in [0.3, 0.4) is 0 Å². The first-order valence-electron chi connectivity index (χ1n) is 13.7. The molecule has 4 aromatic rings. The molecule has 0 saturated heterocycles. The number of anilines is 3. The molecule has 0 bridgehead atoms. The van der Waals surface area contributed by atoms with Crippen LogP contribution in [-0.2, 0) is 11.2 Å². The molecule has 0 aliphatic heterocycles. The zero-order valence-electron chi connectivity index (χ0n) is 22.9. The SMILES string of the molecule is COc1cc2c(Nc3cc(CC(=O)Nc4cccc(F)c4)[nH]n3)ncnc2cc1OCCCN(CCO)C1CCC1. The van der Waals surface area contributed by atoms with E-state index < -0.39 is 5.82 Å². The third kappa shape index (κ3) is 7.27. The third-order valence-corrected chi connectivity index (χ3v) is 7.08. The van der Waals surface area contributed by atoms with E-state index in [4.69, 9.17) is 9.47 Å². The number of benzene rings is 2. The van der Waals surface area contributed by atoms with Gasteiger partial charge in [-0.25, -0.2) is 14.4 Å². The Bertz CT molecular complexity index is 1480. The molecule has 41 heavy (non-hydrogen) atoms. The number of fused-ring (bicyclic) bond motifs is 1. The monoisotopic (exact) mass is 563 g/mol. The van der Waals surface area contributed by atoms with E-state index >= 15 is 0 Å². The molecule has 0 atom stereocenters. The summed E-state index contributed by atoms with van der Waals surface area (Å²) < 4.78 is 25.1. The standard InChI is InChI=1S/C29H34FN7O4/c1-40-25-16-23-24(17-26(25)41-12-4-9-37(10-11-38)22-7-3-8-22)31-18-32-29(23)34-27-14-21(35-36-27)15-28(39)33-20-6-2-5-19(30)13-20/h2,5-6,13-14,16-18,22,38H,3-4,7-12,15H2,1H3,(H,33,39)(H2,31,32,34,35,36). The summed E-state index contributed by atoms with van der Waals surface area (Å²) in [5.74, 6) is 1.40. The Labute approximate surface area is 237 Å². The van der Waals surface area contributed by atoms with Crippen molar-refractivity contribution in [1.82, 2.24) is 25.1 Å². The average Bonchev–Trinajstić information content (AvgIpc) is 3.36.